The molecular formula is C23H29N5O3. The van der Waals surface area contributed by atoms with Crippen molar-refractivity contribution in [3.05, 3.63) is 56.5 Å². The minimum absolute atomic E-state index is 0.118. The summed E-state index contributed by atoms with van der Waals surface area (Å²) in [6, 6.07) is 5.23. The molecule has 1 amide bonds. The third-order valence-corrected chi connectivity index (χ3v) is 6.97. The van der Waals surface area contributed by atoms with E-state index in [2.05, 4.69) is 14.9 Å². The smallest absolute Gasteiger partial charge is 0.263 e. The van der Waals surface area contributed by atoms with E-state index < -0.39 is 0 Å². The average Bonchev–Trinajstić information content (AvgIpc) is 2.74. The summed E-state index contributed by atoms with van der Waals surface area (Å²) >= 11 is 0. The number of hydrogen-bond acceptors (Lipinski definition) is 5. The fraction of sp³-hybridized carbons (Fsp3) is 0.565. The summed E-state index contributed by atoms with van der Waals surface area (Å²) in [6.45, 7) is 3.55. The molecule has 1 N–H and O–H groups in total. The van der Waals surface area contributed by atoms with Crippen LogP contribution >= 0.6 is 0 Å². The zero-order chi connectivity index (χ0) is 21.4. The molecule has 2 bridgehead atoms. The van der Waals surface area contributed by atoms with Crippen LogP contribution in [0.1, 0.15) is 60.5 Å². The second-order valence-corrected chi connectivity index (χ2v) is 9.12. The number of carbonyl (C=O) groups is 1. The molecule has 0 unspecified atom stereocenters. The van der Waals surface area contributed by atoms with Crippen molar-refractivity contribution in [2.75, 3.05) is 31.1 Å². The number of anilines is 1. The summed E-state index contributed by atoms with van der Waals surface area (Å²) < 4.78 is 1.83. The fourth-order valence-corrected chi connectivity index (χ4v) is 5.45. The lowest BCUT2D eigenvalue weighted by atomic mass is 9.83. The Labute approximate surface area is 180 Å². The Kier molecular flexibility index (Phi) is 5.38. The Morgan fingerprint density at radius 2 is 1.77 bits per heavy atom. The highest BCUT2D eigenvalue weighted by molar-refractivity contribution is 5.93. The zero-order valence-electron chi connectivity index (χ0n) is 17.8. The number of piperidine rings is 1. The summed E-state index contributed by atoms with van der Waals surface area (Å²) in [5.74, 6) is 1.04. The monoisotopic (exact) mass is 423 g/mol. The van der Waals surface area contributed by atoms with E-state index in [1.54, 1.807) is 6.07 Å². The maximum Gasteiger partial charge on any atom is 0.263 e. The van der Waals surface area contributed by atoms with Crippen molar-refractivity contribution in [2.45, 2.75) is 51.0 Å². The number of aromatic nitrogens is 3. The van der Waals surface area contributed by atoms with E-state index in [1.165, 1.54) is 18.8 Å². The van der Waals surface area contributed by atoms with Gasteiger partial charge in [-0.15, -0.1) is 0 Å². The summed E-state index contributed by atoms with van der Waals surface area (Å²) in [6.07, 6.45) is 7.99. The van der Waals surface area contributed by atoms with Gasteiger partial charge in [-0.05, 0) is 37.3 Å². The molecule has 2 saturated heterocycles. The summed E-state index contributed by atoms with van der Waals surface area (Å²) in [5.41, 5.74) is 0.976. The van der Waals surface area contributed by atoms with Crippen molar-refractivity contribution in [2.24, 2.45) is 5.92 Å². The first kappa shape index (κ1) is 20.0. The Hall–Kier alpha value is -2.90. The van der Waals surface area contributed by atoms with Crippen LogP contribution < -0.4 is 16.0 Å². The van der Waals surface area contributed by atoms with E-state index in [9.17, 15) is 14.4 Å². The Morgan fingerprint density at radius 1 is 1.00 bits per heavy atom. The maximum absolute atomic E-state index is 13.3. The van der Waals surface area contributed by atoms with Crippen molar-refractivity contribution in [1.82, 2.24) is 19.4 Å². The van der Waals surface area contributed by atoms with E-state index >= 15 is 0 Å². The van der Waals surface area contributed by atoms with Gasteiger partial charge in [0.05, 0.1) is 6.33 Å². The third-order valence-electron chi connectivity index (χ3n) is 6.97. The van der Waals surface area contributed by atoms with Crippen molar-refractivity contribution < 1.29 is 4.79 Å². The van der Waals surface area contributed by atoms with Crippen molar-refractivity contribution in [1.29, 1.82) is 0 Å². The lowest BCUT2D eigenvalue weighted by molar-refractivity contribution is 0.0739. The lowest BCUT2D eigenvalue weighted by Gasteiger charge is -2.43. The molecule has 8 heteroatoms. The molecule has 3 aliphatic rings. The SMILES string of the molecule is O=C(c1ccc2n(c1=O)C[C@H]1C[C@@H]2CN(c2cc(=O)[nH]cn2)C1)N1CCCCCCC1. The highest BCUT2D eigenvalue weighted by atomic mass is 16.2. The van der Waals surface area contributed by atoms with Gasteiger partial charge in [0, 0.05) is 50.4 Å². The number of aromatic amines is 1. The number of H-pyrrole nitrogens is 1. The van der Waals surface area contributed by atoms with Gasteiger partial charge >= 0.3 is 0 Å². The Balaban J connectivity index is 1.41. The number of likely N-dealkylation sites (tertiary alicyclic amines) is 1. The third kappa shape index (κ3) is 3.91. The quantitative estimate of drug-likeness (QED) is 0.797. The van der Waals surface area contributed by atoms with Crippen LogP contribution in [0.4, 0.5) is 5.82 Å². The second-order valence-electron chi connectivity index (χ2n) is 9.12. The van der Waals surface area contributed by atoms with E-state index in [0.717, 1.165) is 57.4 Å². The van der Waals surface area contributed by atoms with Crippen LogP contribution in [0.3, 0.4) is 0 Å². The predicted octanol–water partition coefficient (Wildman–Crippen LogP) is 1.96. The van der Waals surface area contributed by atoms with Crippen LogP contribution in [0, 0.1) is 5.92 Å². The van der Waals surface area contributed by atoms with Crippen LogP contribution in [0.5, 0.6) is 0 Å². The van der Waals surface area contributed by atoms with Crippen molar-refractivity contribution in [3.8, 4) is 0 Å². The molecule has 2 atom stereocenters. The van der Waals surface area contributed by atoms with E-state index in [0.29, 0.717) is 24.5 Å². The molecular weight excluding hydrogens is 394 g/mol. The lowest BCUT2D eigenvalue weighted by Crippen LogP contribution is -2.48. The minimum atomic E-state index is -0.162. The molecule has 31 heavy (non-hydrogen) atoms. The molecule has 0 radical (unpaired) electrons. The summed E-state index contributed by atoms with van der Waals surface area (Å²) in [4.78, 5) is 49.1. The molecule has 5 heterocycles. The fourth-order valence-electron chi connectivity index (χ4n) is 5.45. The largest absolute Gasteiger partial charge is 0.355 e. The first-order valence-electron chi connectivity index (χ1n) is 11.4. The molecule has 5 rings (SSSR count). The Bertz CT molecular complexity index is 1080. The van der Waals surface area contributed by atoms with Crippen LogP contribution in [-0.2, 0) is 6.54 Å². The minimum Gasteiger partial charge on any atom is -0.355 e. The number of amides is 1. The van der Waals surface area contributed by atoms with E-state index in [1.807, 2.05) is 15.5 Å². The van der Waals surface area contributed by atoms with Gasteiger partial charge in [-0.3, -0.25) is 14.4 Å². The number of hydrogen-bond donors (Lipinski definition) is 1. The molecule has 2 fully saturated rings. The van der Waals surface area contributed by atoms with Gasteiger partial charge in [-0.1, -0.05) is 19.3 Å². The Morgan fingerprint density at radius 3 is 2.55 bits per heavy atom. The van der Waals surface area contributed by atoms with Crippen LogP contribution in [0.15, 0.2) is 34.1 Å². The highest BCUT2D eigenvalue weighted by Gasteiger charge is 2.36. The summed E-state index contributed by atoms with van der Waals surface area (Å²) in [7, 11) is 0. The van der Waals surface area contributed by atoms with Gasteiger partial charge in [0.1, 0.15) is 11.4 Å². The second kappa shape index (κ2) is 8.32. The predicted molar refractivity (Wildman–Crippen MR) is 118 cm³/mol. The van der Waals surface area contributed by atoms with Gasteiger partial charge in [-0.25, -0.2) is 4.98 Å². The molecule has 0 aliphatic carbocycles. The molecule has 8 nitrogen and oxygen atoms in total. The first-order chi connectivity index (χ1) is 15.1. The van der Waals surface area contributed by atoms with Gasteiger partial charge in [0.2, 0.25) is 0 Å². The van der Waals surface area contributed by atoms with Crippen molar-refractivity contribution >= 4 is 11.7 Å². The average molecular weight is 424 g/mol. The van der Waals surface area contributed by atoms with Gasteiger partial charge < -0.3 is 19.4 Å². The van der Waals surface area contributed by atoms with Crippen LogP contribution in [0.2, 0.25) is 0 Å². The normalized spacial score (nSPS) is 23.6. The number of nitrogens with zero attached hydrogens (tertiary/aromatic N) is 4. The van der Waals surface area contributed by atoms with Crippen LogP contribution in [0.25, 0.3) is 0 Å². The number of rotatable bonds is 2. The zero-order valence-corrected chi connectivity index (χ0v) is 17.8. The standard InChI is InChI=1S/C23H29N5O3/c29-21-11-20(24-15-25-21)27-12-16-10-17(14-27)19-7-6-18(23(31)28(19)13-16)22(30)26-8-4-2-1-3-5-9-26/h6-7,11,15-17H,1-5,8-10,12-14H2,(H,24,25,29)/t16-,17+/m0/s1. The molecule has 3 aliphatic heterocycles. The number of carbonyl (C=O) groups excluding carboxylic acids is 1. The number of nitrogens with one attached hydrogen (secondary N) is 1. The van der Waals surface area contributed by atoms with E-state index in [4.69, 9.17) is 0 Å². The van der Waals surface area contributed by atoms with Crippen LogP contribution in [-0.4, -0.2) is 51.5 Å². The molecule has 164 valence electrons. The van der Waals surface area contributed by atoms with Crippen molar-refractivity contribution in [3.63, 3.8) is 0 Å². The number of fused-ring (bicyclic) bond motifs is 4. The molecule has 2 aromatic rings. The molecule has 0 spiro atoms. The first-order valence-corrected chi connectivity index (χ1v) is 11.4. The molecule has 0 aromatic carbocycles. The molecule has 0 saturated carbocycles. The van der Waals surface area contributed by atoms with Gasteiger partial charge in [-0.2, -0.15) is 0 Å². The maximum atomic E-state index is 13.3. The molecule has 2 aromatic heterocycles. The van der Waals surface area contributed by atoms with E-state index in [-0.39, 0.29) is 28.9 Å². The van der Waals surface area contributed by atoms with Gasteiger partial charge in [0.25, 0.3) is 17.0 Å². The van der Waals surface area contributed by atoms with Gasteiger partial charge in [0.15, 0.2) is 0 Å². The summed E-state index contributed by atoms with van der Waals surface area (Å²) in [5, 5.41) is 0. The topological polar surface area (TPSA) is 91.3 Å². The highest BCUT2D eigenvalue weighted by Crippen LogP contribution is 2.36. The number of pyridine rings is 1.